The Labute approximate surface area is 273 Å². The van der Waals surface area contributed by atoms with E-state index >= 15 is 0 Å². The third kappa shape index (κ3) is 7.60. The molecule has 1 N–H and O–H groups in total. The molecule has 47 heavy (non-hydrogen) atoms. The predicted molar refractivity (Wildman–Crippen MR) is 173 cm³/mol. The van der Waals surface area contributed by atoms with Gasteiger partial charge in [-0.15, -0.1) is 0 Å². The molecule has 1 saturated heterocycles. The first-order valence-corrected chi connectivity index (χ1v) is 15.7. The fourth-order valence-corrected chi connectivity index (χ4v) is 5.69. The van der Waals surface area contributed by atoms with E-state index in [1.807, 2.05) is 56.3 Å². The Morgan fingerprint density at radius 3 is 2.72 bits per heavy atom. The van der Waals surface area contributed by atoms with E-state index in [1.165, 1.54) is 11.2 Å². The molecule has 0 unspecified atom stereocenters. The van der Waals surface area contributed by atoms with Gasteiger partial charge in [0.1, 0.15) is 29.9 Å². The van der Waals surface area contributed by atoms with Gasteiger partial charge in [-0.05, 0) is 54.3 Å². The van der Waals surface area contributed by atoms with E-state index in [4.69, 9.17) is 14.2 Å². The average Bonchev–Trinajstić information content (AvgIpc) is 3.61. The number of piperidine rings is 1. The van der Waals surface area contributed by atoms with Crippen molar-refractivity contribution in [3.8, 4) is 22.9 Å². The number of para-hydroxylation sites is 1. The number of benzene rings is 3. The minimum Gasteiger partial charge on any atom is -0.493 e. The Kier molecular flexibility index (Phi) is 9.48. The molecule has 12 nitrogen and oxygen atoms in total. The van der Waals surface area contributed by atoms with Crippen LogP contribution >= 0.6 is 0 Å². The highest BCUT2D eigenvalue weighted by Crippen LogP contribution is 2.30. The molecule has 244 valence electrons. The molecule has 0 radical (unpaired) electrons. The molecule has 1 fully saturated rings. The molecular formula is C35H38N6O6. The highest BCUT2D eigenvalue weighted by molar-refractivity contribution is 5.98. The standard InChI is InChI=1S/C35H38N6O6/c1-23(2)19-45-27-14-25-15-28(16-27)47-26-8-6-7-24(13-26)20-46-32-17-40(12-11-30(32)38-33(42)18-39(3)34(25)43)35(44)29-9-4-5-10-31(29)41-22-36-21-37-41/h4-10,13-16,21-23,30,32H,11-12,17-20H2,1-3H3,(H,38,42)/t30-,32-/m0/s1. The molecule has 4 aromatic rings. The van der Waals surface area contributed by atoms with Gasteiger partial charge in [0.05, 0.1) is 43.2 Å². The summed E-state index contributed by atoms with van der Waals surface area (Å²) in [4.78, 5) is 47.8. The molecular weight excluding hydrogens is 600 g/mol. The summed E-state index contributed by atoms with van der Waals surface area (Å²) in [7, 11) is 1.58. The van der Waals surface area contributed by atoms with E-state index in [0.29, 0.717) is 53.6 Å². The Morgan fingerprint density at radius 1 is 1.06 bits per heavy atom. The number of ether oxygens (including phenoxy) is 3. The Morgan fingerprint density at radius 2 is 1.91 bits per heavy atom. The minimum atomic E-state index is -0.512. The van der Waals surface area contributed by atoms with E-state index in [2.05, 4.69) is 15.4 Å². The molecule has 0 saturated carbocycles. The second kappa shape index (κ2) is 14.0. The summed E-state index contributed by atoms with van der Waals surface area (Å²) >= 11 is 0. The lowest BCUT2D eigenvalue weighted by Gasteiger charge is -2.39. The van der Waals surface area contributed by atoms with Gasteiger partial charge in [-0.2, -0.15) is 5.10 Å². The van der Waals surface area contributed by atoms with Crippen molar-refractivity contribution in [2.45, 2.75) is 39.0 Å². The molecule has 4 bridgehead atoms. The monoisotopic (exact) mass is 638 g/mol. The second-order valence-electron chi connectivity index (χ2n) is 12.2. The number of carbonyl (C=O) groups is 3. The molecule has 3 heterocycles. The van der Waals surface area contributed by atoms with Crippen molar-refractivity contribution in [2.24, 2.45) is 5.92 Å². The van der Waals surface area contributed by atoms with Crippen LogP contribution < -0.4 is 14.8 Å². The lowest BCUT2D eigenvalue weighted by molar-refractivity contribution is -0.124. The third-order valence-electron chi connectivity index (χ3n) is 8.03. The summed E-state index contributed by atoms with van der Waals surface area (Å²) in [5, 5.41) is 7.28. The molecule has 0 aliphatic carbocycles. The first-order valence-electron chi connectivity index (χ1n) is 15.7. The summed E-state index contributed by atoms with van der Waals surface area (Å²) in [6.07, 6.45) is 2.92. The molecule has 0 spiro atoms. The topological polar surface area (TPSA) is 128 Å². The van der Waals surface area contributed by atoms with E-state index < -0.39 is 6.10 Å². The largest absolute Gasteiger partial charge is 0.493 e. The Hall–Kier alpha value is -5.23. The van der Waals surface area contributed by atoms with Crippen molar-refractivity contribution in [1.82, 2.24) is 29.9 Å². The summed E-state index contributed by atoms with van der Waals surface area (Å²) in [6.45, 7) is 5.28. The van der Waals surface area contributed by atoms with Crippen LogP contribution in [-0.2, 0) is 16.1 Å². The van der Waals surface area contributed by atoms with Gasteiger partial charge in [0.2, 0.25) is 5.91 Å². The fraction of sp³-hybridized carbons (Fsp3) is 0.343. The maximum Gasteiger partial charge on any atom is 0.256 e. The van der Waals surface area contributed by atoms with Gasteiger partial charge in [0.15, 0.2) is 0 Å². The van der Waals surface area contributed by atoms with Gasteiger partial charge in [-0.3, -0.25) is 14.4 Å². The van der Waals surface area contributed by atoms with Crippen LogP contribution in [0.15, 0.2) is 79.4 Å². The average molecular weight is 639 g/mol. The van der Waals surface area contributed by atoms with Gasteiger partial charge in [0, 0.05) is 31.8 Å². The van der Waals surface area contributed by atoms with Crippen LogP contribution in [0.3, 0.4) is 0 Å². The molecule has 3 amide bonds. The SMILES string of the molecule is CC(C)COc1cc2cc(c1)C(=O)N(C)CC(=O)N[C@H]1CCN(C(=O)c3ccccc3-n3cncn3)C[C@@H]1OCc1cccc(c1)O2. The number of fused-ring (bicyclic) bond motifs is 5. The predicted octanol–water partition coefficient (Wildman–Crippen LogP) is 4.10. The van der Waals surface area contributed by atoms with Crippen molar-refractivity contribution < 1.29 is 28.6 Å². The van der Waals surface area contributed by atoms with Gasteiger partial charge >= 0.3 is 0 Å². The number of rotatable bonds is 5. The number of amides is 3. The number of likely N-dealkylation sites (tertiary alicyclic amines) is 1. The maximum atomic E-state index is 13.8. The van der Waals surface area contributed by atoms with Crippen LogP contribution in [0.1, 0.15) is 46.5 Å². The van der Waals surface area contributed by atoms with Gasteiger partial charge in [-0.1, -0.05) is 38.1 Å². The lowest BCUT2D eigenvalue weighted by atomic mass is 10.00. The van der Waals surface area contributed by atoms with E-state index in [1.54, 1.807) is 47.2 Å². The van der Waals surface area contributed by atoms with Gasteiger partial charge in [-0.25, -0.2) is 9.67 Å². The molecule has 12 heteroatoms. The zero-order valence-electron chi connectivity index (χ0n) is 26.7. The molecule has 2 atom stereocenters. The second-order valence-corrected chi connectivity index (χ2v) is 12.2. The first kappa shape index (κ1) is 31.7. The van der Waals surface area contributed by atoms with Crippen LogP contribution in [0.25, 0.3) is 5.69 Å². The lowest BCUT2D eigenvalue weighted by Crippen LogP contribution is -2.57. The number of likely N-dealkylation sites (N-methyl/N-ethyl adjacent to an activating group) is 1. The minimum absolute atomic E-state index is 0.164. The third-order valence-corrected chi connectivity index (χ3v) is 8.03. The van der Waals surface area contributed by atoms with Crippen LogP contribution in [0, 0.1) is 5.92 Å². The summed E-state index contributed by atoms with van der Waals surface area (Å²) in [5.41, 5.74) is 2.30. The quantitative estimate of drug-likeness (QED) is 0.346. The van der Waals surface area contributed by atoms with Crippen molar-refractivity contribution >= 4 is 17.7 Å². The summed E-state index contributed by atoms with van der Waals surface area (Å²) in [5.74, 6) is 0.956. The molecule has 6 rings (SSSR count). The number of hydrogen-bond acceptors (Lipinski definition) is 8. The van der Waals surface area contributed by atoms with Crippen LogP contribution in [-0.4, -0.2) is 87.7 Å². The van der Waals surface area contributed by atoms with Gasteiger partial charge in [0.25, 0.3) is 11.8 Å². The molecule has 3 aromatic carbocycles. The number of nitrogens with zero attached hydrogens (tertiary/aromatic N) is 5. The number of aromatic nitrogens is 3. The highest BCUT2D eigenvalue weighted by Gasteiger charge is 2.35. The van der Waals surface area contributed by atoms with Crippen LogP contribution in [0.4, 0.5) is 0 Å². The zero-order chi connectivity index (χ0) is 32.9. The van der Waals surface area contributed by atoms with Crippen molar-refractivity contribution in [1.29, 1.82) is 0 Å². The molecule has 1 aromatic heterocycles. The van der Waals surface area contributed by atoms with E-state index in [0.717, 1.165) is 5.56 Å². The van der Waals surface area contributed by atoms with Crippen molar-refractivity contribution in [3.05, 3.63) is 96.1 Å². The normalized spacial score (nSPS) is 18.7. The Balaban J connectivity index is 1.26. The van der Waals surface area contributed by atoms with E-state index in [9.17, 15) is 14.4 Å². The molecule has 2 aliphatic heterocycles. The summed E-state index contributed by atoms with van der Waals surface area (Å²) < 4.78 is 20.1. The van der Waals surface area contributed by atoms with Crippen molar-refractivity contribution in [3.63, 3.8) is 0 Å². The van der Waals surface area contributed by atoms with Gasteiger partial charge < -0.3 is 29.3 Å². The number of nitrogens with one attached hydrogen (secondary N) is 1. The summed E-state index contributed by atoms with van der Waals surface area (Å²) in [6, 6.07) is 19.4. The molecule has 2 aliphatic rings. The zero-order valence-corrected chi connectivity index (χ0v) is 26.7. The van der Waals surface area contributed by atoms with Crippen LogP contribution in [0.2, 0.25) is 0 Å². The van der Waals surface area contributed by atoms with Crippen LogP contribution in [0.5, 0.6) is 17.2 Å². The maximum absolute atomic E-state index is 13.8. The highest BCUT2D eigenvalue weighted by atomic mass is 16.5. The Bertz CT molecular complexity index is 1740. The van der Waals surface area contributed by atoms with E-state index in [-0.39, 0.29) is 49.4 Å². The number of hydrogen-bond donors (Lipinski definition) is 1. The first-order chi connectivity index (χ1) is 22.7. The number of carbonyl (C=O) groups excluding carboxylic acids is 3. The van der Waals surface area contributed by atoms with Crippen molar-refractivity contribution in [2.75, 3.05) is 33.3 Å². The fourth-order valence-electron chi connectivity index (χ4n) is 5.69. The smallest absolute Gasteiger partial charge is 0.256 e.